The van der Waals surface area contributed by atoms with Crippen molar-refractivity contribution in [3.05, 3.63) is 59.1 Å². The normalized spacial score (nSPS) is 18.0. The van der Waals surface area contributed by atoms with E-state index < -0.39 is 0 Å². The Morgan fingerprint density at radius 2 is 2.07 bits per heavy atom. The first-order valence-electron chi connectivity index (χ1n) is 9.54. The number of carbonyl (C=O) groups excluding carboxylic acids is 1. The molecule has 2 atom stereocenters. The van der Waals surface area contributed by atoms with Gasteiger partial charge in [-0.25, -0.2) is 0 Å². The average Bonchev–Trinajstić information content (AvgIpc) is 2.66. The second-order valence-electron chi connectivity index (χ2n) is 7.32. The van der Waals surface area contributed by atoms with Crippen LogP contribution >= 0.6 is 11.6 Å². The average molecular weight is 387 g/mol. The number of nitrogens with zero attached hydrogens (tertiary/aromatic N) is 1. The topological polar surface area (TPSA) is 41.6 Å². The second kappa shape index (κ2) is 9.14. The fourth-order valence-corrected chi connectivity index (χ4v) is 3.65. The Bertz CT molecular complexity index is 763. The maximum Gasteiger partial charge on any atom is 0.258 e. The van der Waals surface area contributed by atoms with Crippen LogP contribution in [-0.2, 0) is 4.79 Å². The van der Waals surface area contributed by atoms with Crippen LogP contribution in [0.4, 0.5) is 5.69 Å². The summed E-state index contributed by atoms with van der Waals surface area (Å²) in [6.07, 6.45) is 2.57. The summed E-state index contributed by atoms with van der Waals surface area (Å²) >= 11 is 5.92. The molecule has 2 aromatic rings. The molecule has 3 rings (SSSR count). The highest BCUT2D eigenvalue weighted by Crippen LogP contribution is 2.24. The molecule has 1 heterocycles. The SMILES string of the molecule is C[C@@H]1CCCN(c2ccc([C@@H](C)NC(=O)COc3cccc(Cl)c3)cc2)C1. The largest absolute Gasteiger partial charge is 0.484 e. The van der Waals surface area contributed by atoms with Crippen molar-refractivity contribution in [3.63, 3.8) is 0 Å². The Morgan fingerprint density at radius 1 is 1.30 bits per heavy atom. The van der Waals surface area contributed by atoms with Gasteiger partial charge in [0.25, 0.3) is 5.91 Å². The zero-order chi connectivity index (χ0) is 19.2. The minimum absolute atomic E-state index is 0.0333. The number of anilines is 1. The van der Waals surface area contributed by atoms with Gasteiger partial charge in [-0.05, 0) is 61.6 Å². The quantitative estimate of drug-likeness (QED) is 0.772. The molecule has 0 bridgehead atoms. The van der Waals surface area contributed by atoms with Crippen LogP contribution in [0.3, 0.4) is 0 Å². The molecule has 0 spiro atoms. The van der Waals surface area contributed by atoms with Crippen LogP contribution in [0.25, 0.3) is 0 Å². The van der Waals surface area contributed by atoms with E-state index in [9.17, 15) is 4.79 Å². The number of carbonyl (C=O) groups is 1. The standard InChI is InChI=1S/C22H27ClN2O2/c1-16-5-4-12-25(14-16)20-10-8-18(9-11-20)17(2)24-22(26)15-27-21-7-3-6-19(23)13-21/h3,6-11,13,16-17H,4-5,12,14-15H2,1-2H3,(H,24,26)/t16-,17-/m1/s1. The smallest absolute Gasteiger partial charge is 0.258 e. The van der Waals surface area contributed by atoms with E-state index in [-0.39, 0.29) is 18.6 Å². The summed E-state index contributed by atoms with van der Waals surface area (Å²) in [4.78, 5) is 14.6. The van der Waals surface area contributed by atoms with Crippen LogP contribution < -0.4 is 15.0 Å². The van der Waals surface area contributed by atoms with Gasteiger partial charge in [0.1, 0.15) is 5.75 Å². The monoisotopic (exact) mass is 386 g/mol. The molecular formula is C22H27ClN2O2. The van der Waals surface area contributed by atoms with Crippen LogP contribution in [0, 0.1) is 5.92 Å². The van der Waals surface area contributed by atoms with E-state index in [0.29, 0.717) is 10.8 Å². The molecule has 1 saturated heterocycles. The lowest BCUT2D eigenvalue weighted by Gasteiger charge is -2.33. The Kier molecular flexibility index (Phi) is 6.62. The van der Waals surface area contributed by atoms with Gasteiger partial charge in [0.2, 0.25) is 0 Å². The number of halogens is 1. The molecule has 144 valence electrons. The third-order valence-electron chi connectivity index (χ3n) is 4.96. The van der Waals surface area contributed by atoms with Gasteiger partial charge in [-0.3, -0.25) is 4.79 Å². The molecule has 0 aliphatic carbocycles. The Morgan fingerprint density at radius 3 is 2.78 bits per heavy atom. The predicted octanol–water partition coefficient (Wildman–Crippen LogP) is 4.83. The van der Waals surface area contributed by atoms with Crippen LogP contribution in [-0.4, -0.2) is 25.6 Å². The summed E-state index contributed by atoms with van der Waals surface area (Å²) in [5.74, 6) is 1.18. The third kappa shape index (κ3) is 5.64. The molecule has 5 heteroatoms. The van der Waals surface area contributed by atoms with Gasteiger partial charge in [0, 0.05) is 23.8 Å². The van der Waals surface area contributed by atoms with Gasteiger partial charge in [-0.2, -0.15) is 0 Å². The molecule has 1 amide bonds. The first-order chi connectivity index (χ1) is 13.0. The van der Waals surface area contributed by atoms with Gasteiger partial charge >= 0.3 is 0 Å². The van der Waals surface area contributed by atoms with E-state index in [4.69, 9.17) is 16.3 Å². The number of rotatable bonds is 6. The van der Waals surface area contributed by atoms with E-state index in [1.54, 1.807) is 24.3 Å². The minimum atomic E-state index is -0.156. The van der Waals surface area contributed by atoms with Gasteiger partial charge in [0.15, 0.2) is 6.61 Å². The van der Waals surface area contributed by atoms with E-state index in [2.05, 4.69) is 41.4 Å². The first-order valence-corrected chi connectivity index (χ1v) is 9.91. The summed E-state index contributed by atoms with van der Waals surface area (Å²) < 4.78 is 5.49. The number of hydrogen-bond acceptors (Lipinski definition) is 3. The number of ether oxygens (including phenoxy) is 1. The third-order valence-corrected chi connectivity index (χ3v) is 5.19. The first kappa shape index (κ1) is 19.6. The van der Waals surface area contributed by atoms with Gasteiger partial charge in [-0.15, -0.1) is 0 Å². The lowest BCUT2D eigenvalue weighted by atomic mass is 9.99. The highest BCUT2D eigenvalue weighted by molar-refractivity contribution is 6.30. The highest BCUT2D eigenvalue weighted by atomic mass is 35.5. The minimum Gasteiger partial charge on any atom is -0.484 e. The van der Waals surface area contributed by atoms with Crippen molar-refractivity contribution in [1.82, 2.24) is 5.32 Å². The zero-order valence-electron chi connectivity index (χ0n) is 16.0. The van der Waals surface area contributed by atoms with Crippen molar-refractivity contribution in [2.24, 2.45) is 5.92 Å². The van der Waals surface area contributed by atoms with Crippen LogP contribution in [0.2, 0.25) is 5.02 Å². The second-order valence-corrected chi connectivity index (χ2v) is 7.76. The molecule has 1 fully saturated rings. The Labute approximate surface area is 166 Å². The van der Waals surface area contributed by atoms with Crippen LogP contribution in [0.1, 0.15) is 38.3 Å². The van der Waals surface area contributed by atoms with E-state index in [0.717, 1.165) is 24.6 Å². The Hall–Kier alpha value is -2.20. The summed E-state index contributed by atoms with van der Waals surface area (Å²) in [5, 5.41) is 3.56. The van der Waals surface area contributed by atoms with Crippen molar-refractivity contribution in [2.75, 3.05) is 24.6 Å². The molecule has 2 aromatic carbocycles. The summed E-state index contributed by atoms with van der Waals surface area (Å²) in [6, 6.07) is 15.5. The van der Waals surface area contributed by atoms with Crippen molar-refractivity contribution < 1.29 is 9.53 Å². The number of hydrogen-bond donors (Lipinski definition) is 1. The van der Waals surface area contributed by atoms with Gasteiger partial charge in [0.05, 0.1) is 6.04 Å². The molecule has 0 radical (unpaired) electrons. The molecular weight excluding hydrogens is 360 g/mol. The highest BCUT2D eigenvalue weighted by Gasteiger charge is 2.17. The lowest BCUT2D eigenvalue weighted by Crippen LogP contribution is -2.34. The summed E-state index contributed by atoms with van der Waals surface area (Å²) in [5.41, 5.74) is 2.34. The molecule has 4 nitrogen and oxygen atoms in total. The fourth-order valence-electron chi connectivity index (χ4n) is 3.47. The number of benzene rings is 2. The van der Waals surface area contributed by atoms with Gasteiger partial charge < -0.3 is 15.0 Å². The molecule has 0 unspecified atom stereocenters. The summed E-state index contributed by atoms with van der Waals surface area (Å²) in [7, 11) is 0. The number of nitrogens with one attached hydrogen (secondary N) is 1. The van der Waals surface area contributed by atoms with Crippen molar-refractivity contribution >= 4 is 23.2 Å². The van der Waals surface area contributed by atoms with Gasteiger partial charge in [-0.1, -0.05) is 36.7 Å². The van der Waals surface area contributed by atoms with E-state index in [1.165, 1.54) is 18.5 Å². The fraction of sp³-hybridized carbons (Fsp3) is 0.409. The number of piperidine rings is 1. The molecule has 1 aliphatic rings. The van der Waals surface area contributed by atoms with Crippen LogP contribution in [0.15, 0.2) is 48.5 Å². The molecule has 1 aliphatic heterocycles. The molecule has 27 heavy (non-hydrogen) atoms. The van der Waals surface area contributed by atoms with E-state index in [1.807, 2.05) is 6.92 Å². The van der Waals surface area contributed by atoms with Crippen molar-refractivity contribution in [2.45, 2.75) is 32.7 Å². The zero-order valence-corrected chi connectivity index (χ0v) is 16.7. The molecule has 1 N–H and O–H groups in total. The predicted molar refractivity (Wildman–Crippen MR) is 111 cm³/mol. The van der Waals surface area contributed by atoms with E-state index >= 15 is 0 Å². The lowest BCUT2D eigenvalue weighted by molar-refractivity contribution is -0.123. The molecule has 0 aromatic heterocycles. The summed E-state index contributed by atoms with van der Waals surface area (Å²) in [6.45, 7) is 6.50. The maximum absolute atomic E-state index is 12.2. The number of amides is 1. The maximum atomic E-state index is 12.2. The van der Waals surface area contributed by atoms with Crippen molar-refractivity contribution in [3.8, 4) is 5.75 Å². The molecule has 0 saturated carbocycles. The van der Waals surface area contributed by atoms with Crippen LogP contribution in [0.5, 0.6) is 5.75 Å². The van der Waals surface area contributed by atoms with Crippen molar-refractivity contribution in [1.29, 1.82) is 0 Å². The Balaban J connectivity index is 1.51.